The molecule has 0 aromatic carbocycles. The molecule has 0 amide bonds. The van der Waals surface area contributed by atoms with Gasteiger partial charge in [-0.05, 0) is 37.1 Å². The molecule has 0 aromatic rings. The van der Waals surface area contributed by atoms with Gasteiger partial charge in [0.05, 0.1) is 8.52 Å². The first-order valence-corrected chi connectivity index (χ1v) is 4.80. The Labute approximate surface area is 67.6 Å². The van der Waals surface area contributed by atoms with Gasteiger partial charge in [0.25, 0.3) is 0 Å². The van der Waals surface area contributed by atoms with E-state index in [9.17, 15) is 0 Å². The molecule has 1 unspecified atom stereocenters. The van der Waals surface area contributed by atoms with Crippen molar-refractivity contribution < 1.29 is 0 Å². The maximum Gasteiger partial charge on any atom is 0.0973 e. The summed E-state index contributed by atoms with van der Waals surface area (Å²) in [5.41, 5.74) is 0. The van der Waals surface area contributed by atoms with Crippen LogP contribution in [0, 0.1) is 0 Å². The monoisotopic (exact) mass is 178 g/mol. The topological polar surface area (TPSA) is 15.6 Å². The van der Waals surface area contributed by atoms with Crippen LogP contribution in [0.15, 0.2) is 4.52 Å². The Balaban J connectivity index is 3.98. The number of hydrogen-bond donors (Lipinski definition) is 0. The summed E-state index contributed by atoms with van der Waals surface area (Å²) in [6, 6.07) is 1.15. The van der Waals surface area contributed by atoms with Gasteiger partial charge in [-0.15, -0.1) is 0 Å². The lowest BCUT2D eigenvalue weighted by molar-refractivity contribution is 0.331. The Morgan fingerprint density at radius 1 is 1.20 bits per heavy atom. The van der Waals surface area contributed by atoms with E-state index >= 15 is 0 Å². The van der Waals surface area contributed by atoms with Gasteiger partial charge >= 0.3 is 0 Å². The van der Waals surface area contributed by atoms with Crippen molar-refractivity contribution in [1.29, 1.82) is 0 Å². The fourth-order valence-corrected chi connectivity index (χ4v) is 1.75. The highest BCUT2D eigenvalue weighted by Gasteiger charge is 2.10. The summed E-state index contributed by atoms with van der Waals surface area (Å²) in [7, 11) is 3.44. The predicted octanol–water partition coefficient (Wildman–Crippen LogP) is 2.94. The van der Waals surface area contributed by atoms with Gasteiger partial charge < -0.3 is 0 Å². The van der Waals surface area contributed by atoms with Gasteiger partial charge in [0.15, 0.2) is 0 Å². The molecule has 0 aliphatic carbocycles. The lowest BCUT2D eigenvalue weighted by atomic mass is 10.3. The summed E-state index contributed by atoms with van der Waals surface area (Å²) in [5, 5.41) is 0. The van der Waals surface area contributed by atoms with Crippen molar-refractivity contribution in [3.63, 3.8) is 0 Å². The van der Waals surface area contributed by atoms with Crippen LogP contribution in [-0.4, -0.2) is 16.8 Å². The van der Waals surface area contributed by atoms with Crippen molar-refractivity contribution in [3.05, 3.63) is 0 Å². The van der Waals surface area contributed by atoms with Crippen molar-refractivity contribution in [2.75, 3.05) is 0 Å². The quantitative estimate of drug-likeness (QED) is 0.606. The summed E-state index contributed by atoms with van der Waals surface area (Å²) < 4.78 is 6.29. The summed E-state index contributed by atoms with van der Waals surface area (Å²) in [6.45, 7) is 8.73. The molecule has 60 valence electrons. The Morgan fingerprint density at radius 3 is 1.70 bits per heavy atom. The summed E-state index contributed by atoms with van der Waals surface area (Å²) in [6.07, 6.45) is 0. The summed E-state index contributed by atoms with van der Waals surface area (Å²) in [5.74, 6) is 0. The third kappa shape index (κ3) is 3.61. The van der Waals surface area contributed by atoms with Gasteiger partial charge in [-0.1, -0.05) is 0 Å². The van der Waals surface area contributed by atoms with E-state index in [0.717, 1.165) is 8.52 Å². The largest absolute Gasteiger partial charge is 0.237 e. The Bertz CT molecular complexity index is 104. The van der Waals surface area contributed by atoms with Gasteiger partial charge in [-0.25, -0.2) is 9.19 Å². The second kappa shape index (κ2) is 5.18. The molecule has 2 nitrogen and oxygen atoms in total. The van der Waals surface area contributed by atoms with Gasteiger partial charge in [-0.2, -0.15) is 0 Å². The molecular weight excluding hydrogens is 162 g/mol. The lowest BCUT2D eigenvalue weighted by Gasteiger charge is -2.23. The number of hydrogen-bond acceptors (Lipinski definition) is 1. The molecule has 0 heterocycles. The third-order valence-corrected chi connectivity index (χ3v) is 2.76. The molecule has 0 radical (unpaired) electrons. The molecular formula is C6H16N2P2. The molecule has 1 atom stereocenters. The highest BCUT2D eigenvalue weighted by molar-refractivity contribution is 7.33. The van der Waals surface area contributed by atoms with E-state index in [1.165, 1.54) is 0 Å². The number of rotatable bonds is 3. The van der Waals surface area contributed by atoms with E-state index in [2.05, 4.69) is 46.3 Å². The average molecular weight is 178 g/mol. The molecule has 0 aromatic heterocycles. The van der Waals surface area contributed by atoms with Crippen molar-refractivity contribution in [2.45, 2.75) is 39.8 Å². The van der Waals surface area contributed by atoms with E-state index < -0.39 is 0 Å². The van der Waals surface area contributed by atoms with E-state index in [-0.39, 0.29) is 0 Å². The first-order valence-electron chi connectivity index (χ1n) is 3.48. The average Bonchev–Trinajstić information content (AvgIpc) is 1.81. The van der Waals surface area contributed by atoms with Crippen LogP contribution >= 0.6 is 17.9 Å². The Kier molecular flexibility index (Phi) is 5.44. The molecule has 0 N–H and O–H groups in total. The van der Waals surface area contributed by atoms with Crippen LogP contribution < -0.4 is 0 Å². The zero-order chi connectivity index (χ0) is 8.15. The van der Waals surface area contributed by atoms with Crippen molar-refractivity contribution in [3.8, 4) is 0 Å². The second-order valence-electron chi connectivity index (χ2n) is 2.77. The molecule has 0 spiro atoms. The van der Waals surface area contributed by atoms with Crippen LogP contribution in [0.5, 0.6) is 0 Å². The highest BCUT2D eigenvalue weighted by Crippen LogP contribution is 2.19. The fraction of sp³-hybridized carbons (Fsp3) is 1.00. The molecule has 10 heavy (non-hydrogen) atoms. The van der Waals surface area contributed by atoms with Gasteiger partial charge in [0.2, 0.25) is 0 Å². The molecule has 4 heteroatoms. The molecule has 0 aliphatic heterocycles. The maximum atomic E-state index is 3.99. The highest BCUT2D eigenvalue weighted by atomic mass is 31.1. The predicted molar refractivity (Wildman–Crippen MR) is 51.2 cm³/mol. The summed E-state index contributed by atoms with van der Waals surface area (Å²) >= 11 is 0. The van der Waals surface area contributed by atoms with Crippen LogP contribution in [0.4, 0.5) is 0 Å². The van der Waals surface area contributed by atoms with E-state index in [1.807, 2.05) is 0 Å². The smallest absolute Gasteiger partial charge is 0.0973 e. The maximum absolute atomic E-state index is 3.99. The minimum Gasteiger partial charge on any atom is -0.237 e. The molecule has 0 fully saturated rings. The van der Waals surface area contributed by atoms with Gasteiger partial charge in [-0.3, -0.25) is 0 Å². The van der Waals surface area contributed by atoms with Gasteiger partial charge in [0, 0.05) is 12.1 Å². The SMILES string of the molecule is CC(C)N(P=NP)C(C)C. The third-order valence-electron chi connectivity index (χ3n) is 1.21. The number of nitrogens with zero attached hydrogens (tertiary/aromatic N) is 2. The van der Waals surface area contributed by atoms with Crippen LogP contribution in [-0.2, 0) is 0 Å². The van der Waals surface area contributed by atoms with E-state index in [1.54, 1.807) is 0 Å². The summed E-state index contributed by atoms with van der Waals surface area (Å²) in [4.78, 5) is 0. The zero-order valence-electron chi connectivity index (χ0n) is 7.07. The molecule has 0 saturated heterocycles. The fourth-order valence-electron chi connectivity index (χ4n) is 0.862. The van der Waals surface area contributed by atoms with Crippen molar-refractivity contribution >= 4 is 17.9 Å². The Morgan fingerprint density at radius 2 is 1.60 bits per heavy atom. The normalized spacial score (nSPS) is 12.8. The molecule has 0 aliphatic rings. The standard InChI is InChI=1S/C6H16N2P2/c1-5(2)8(6(3)4)10-7-9/h5-6H,9H2,1-4H3. The van der Waals surface area contributed by atoms with Crippen molar-refractivity contribution in [2.24, 2.45) is 4.52 Å². The van der Waals surface area contributed by atoms with E-state index in [4.69, 9.17) is 0 Å². The lowest BCUT2D eigenvalue weighted by Crippen LogP contribution is -2.27. The molecule has 0 bridgehead atoms. The molecule has 0 rings (SSSR count). The van der Waals surface area contributed by atoms with Crippen LogP contribution in [0.2, 0.25) is 0 Å². The zero-order valence-corrected chi connectivity index (χ0v) is 9.12. The first-order chi connectivity index (χ1) is 4.59. The van der Waals surface area contributed by atoms with Crippen molar-refractivity contribution in [1.82, 2.24) is 4.67 Å². The minimum absolute atomic E-state index is 0.575. The minimum atomic E-state index is 0.575. The van der Waals surface area contributed by atoms with Crippen LogP contribution in [0.3, 0.4) is 0 Å². The van der Waals surface area contributed by atoms with Gasteiger partial charge in [0.1, 0.15) is 0 Å². The second-order valence-corrected chi connectivity index (χ2v) is 4.34. The first kappa shape index (κ1) is 10.5. The van der Waals surface area contributed by atoms with Crippen LogP contribution in [0.1, 0.15) is 27.7 Å². The Hall–Kier alpha value is 0.490. The van der Waals surface area contributed by atoms with E-state index in [0.29, 0.717) is 12.1 Å². The molecule has 0 saturated carbocycles. The van der Waals surface area contributed by atoms with Crippen LogP contribution in [0.25, 0.3) is 0 Å².